The summed E-state index contributed by atoms with van der Waals surface area (Å²) in [6, 6.07) is 6.37. The molecule has 7 nitrogen and oxygen atoms in total. The molecule has 1 aliphatic rings. The van der Waals surface area contributed by atoms with Gasteiger partial charge < -0.3 is 10.5 Å². The van der Waals surface area contributed by atoms with Gasteiger partial charge in [-0.1, -0.05) is 0 Å². The predicted molar refractivity (Wildman–Crippen MR) is 80.6 cm³/mol. The fourth-order valence-electron chi connectivity index (χ4n) is 2.05. The quantitative estimate of drug-likeness (QED) is 0.754. The van der Waals surface area contributed by atoms with E-state index in [4.69, 9.17) is 10.5 Å². The van der Waals surface area contributed by atoms with Crippen LogP contribution in [0.15, 0.2) is 24.3 Å². The van der Waals surface area contributed by atoms with Crippen LogP contribution >= 0.6 is 0 Å². The Morgan fingerprint density at radius 1 is 1.29 bits per heavy atom. The van der Waals surface area contributed by atoms with Gasteiger partial charge in [0.1, 0.15) is 12.4 Å². The van der Waals surface area contributed by atoms with Crippen LogP contribution in [0, 0.1) is 0 Å². The number of ether oxygens (including phenoxy) is 1. The number of hydrogen-bond acceptors (Lipinski definition) is 6. The fourth-order valence-corrected chi connectivity index (χ4v) is 6.14. The zero-order valence-corrected chi connectivity index (χ0v) is 13.0. The van der Waals surface area contributed by atoms with Crippen molar-refractivity contribution in [2.45, 2.75) is 11.7 Å². The summed E-state index contributed by atoms with van der Waals surface area (Å²) in [5.41, 5.74) is 5.69. The average Bonchev–Trinajstić information content (AvgIpc) is 2.79. The van der Waals surface area contributed by atoms with Gasteiger partial charge in [-0.15, -0.1) is 0 Å². The van der Waals surface area contributed by atoms with Crippen LogP contribution < -0.4 is 15.2 Å². The first-order valence-corrected chi connectivity index (χ1v) is 9.84. The van der Waals surface area contributed by atoms with Gasteiger partial charge in [0.2, 0.25) is 10.0 Å². The molecule has 0 aromatic heterocycles. The van der Waals surface area contributed by atoms with E-state index in [9.17, 15) is 16.8 Å². The Morgan fingerprint density at radius 3 is 2.48 bits per heavy atom. The second kappa shape index (κ2) is 6.20. The van der Waals surface area contributed by atoms with Crippen LogP contribution in [-0.2, 0) is 19.9 Å². The van der Waals surface area contributed by atoms with Gasteiger partial charge in [0.25, 0.3) is 0 Å². The Morgan fingerprint density at radius 2 is 1.95 bits per heavy atom. The molecular formula is C12H18N2O5S2. The number of rotatable bonds is 6. The van der Waals surface area contributed by atoms with Crippen molar-refractivity contribution in [3.63, 3.8) is 0 Å². The van der Waals surface area contributed by atoms with E-state index >= 15 is 0 Å². The van der Waals surface area contributed by atoms with E-state index in [1.165, 1.54) is 0 Å². The Labute approximate surface area is 124 Å². The van der Waals surface area contributed by atoms with Crippen LogP contribution in [0.2, 0.25) is 0 Å². The van der Waals surface area contributed by atoms with Crippen LogP contribution in [0.3, 0.4) is 0 Å². The molecule has 0 amide bonds. The van der Waals surface area contributed by atoms with Gasteiger partial charge >= 0.3 is 0 Å². The lowest BCUT2D eigenvalue weighted by Gasteiger charge is -2.13. The SMILES string of the molecule is NCCOc1ccc(NS(=O)(=O)C2CCS(=O)(=O)C2)cc1. The monoisotopic (exact) mass is 334 g/mol. The third kappa shape index (κ3) is 4.32. The van der Waals surface area contributed by atoms with Crippen LogP contribution in [0.1, 0.15) is 6.42 Å². The number of nitrogens with one attached hydrogen (secondary N) is 1. The van der Waals surface area contributed by atoms with Crippen molar-refractivity contribution in [1.82, 2.24) is 0 Å². The van der Waals surface area contributed by atoms with E-state index in [1.807, 2.05) is 0 Å². The molecule has 0 saturated carbocycles. The highest BCUT2D eigenvalue weighted by molar-refractivity contribution is 7.97. The summed E-state index contributed by atoms with van der Waals surface area (Å²) in [6.07, 6.45) is 0.134. The number of anilines is 1. The first-order valence-electron chi connectivity index (χ1n) is 6.47. The van der Waals surface area contributed by atoms with Crippen molar-refractivity contribution in [2.75, 3.05) is 29.4 Å². The first-order chi connectivity index (χ1) is 9.82. The molecule has 1 unspecified atom stereocenters. The van der Waals surface area contributed by atoms with Gasteiger partial charge in [-0.25, -0.2) is 16.8 Å². The minimum absolute atomic E-state index is 0.0789. The van der Waals surface area contributed by atoms with Crippen LogP contribution in [0.25, 0.3) is 0 Å². The van der Waals surface area contributed by atoms with E-state index in [0.717, 1.165) is 0 Å². The summed E-state index contributed by atoms with van der Waals surface area (Å²) < 4.78 is 54.7. The highest BCUT2D eigenvalue weighted by Gasteiger charge is 2.37. The Balaban J connectivity index is 2.03. The highest BCUT2D eigenvalue weighted by Crippen LogP contribution is 2.22. The van der Waals surface area contributed by atoms with Crippen molar-refractivity contribution < 1.29 is 21.6 Å². The van der Waals surface area contributed by atoms with Gasteiger partial charge in [0, 0.05) is 12.2 Å². The van der Waals surface area contributed by atoms with Crippen molar-refractivity contribution in [3.05, 3.63) is 24.3 Å². The molecule has 1 aliphatic heterocycles. The maximum Gasteiger partial charge on any atom is 0.236 e. The van der Waals surface area contributed by atoms with Crippen LogP contribution in [0.5, 0.6) is 5.75 Å². The topological polar surface area (TPSA) is 116 Å². The molecule has 0 radical (unpaired) electrons. The second-order valence-electron chi connectivity index (χ2n) is 4.83. The lowest BCUT2D eigenvalue weighted by molar-refractivity contribution is 0.328. The number of hydrogen-bond donors (Lipinski definition) is 2. The normalized spacial score (nSPS) is 21.1. The molecule has 118 valence electrons. The summed E-state index contributed by atoms with van der Waals surface area (Å²) in [7, 11) is -6.94. The minimum Gasteiger partial charge on any atom is -0.492 e. The number of sulfone groups is 1. The number of nitrogens with two attached hydrogens (primary N) is 1. The summed E-state index contributed by atoms with van der Waals surface area (Å²) >= 11 is 0. The summed E-state index contributed by atoms with van der Waals surface area (Å²) in [5, 5.41) is -0.893. The molecule has 1 aromatic rings. The standard InChI is InChI=1S/C12H18N2O5S2/c13-6-7-19-11-3-1-10(2-4-11)14-21(17,18)12-5-8-20(15,16)9-12/h1-4,12,14H,5-9,13H2. The largest absolute Gasteiger partial charge is 0.492 e. The second-order valence-corrected chi connectivity index (χ2v) is 9.02. The lowest BCUT2D eigenvalue weighted by Crippen LogP contribution is -2.28. The Bertz CT molecular complexity index is 683. The molecule has 0 aliphatic carbocycles. The molecule has 1 heterocycles. The van der Waals surface area contributed by atoms with Crippen molar-refractivity contribution in [2.24, 2.45) is 5.73 Å². The summed E-state index contributed by atoms with van der Waals surface area (Å²) in [5.74, 6) is 0.191. The minimum atomic E-state index is -3.70. The van der Waals surface area contributed by atoms with Gasteiger partial charge in [-0.3, -0.25) is 4.72 Å². The summed E-state index contributed by atoms with van der Waals surface area (Å²) in [4.78, 5) is 0. The molecule has 21 heavy (non-hydrogen) atoms. The van der Waals surface area contributed by atoms with E-state index in [2.05, 4.69) is 4.72 Å². The van der Waals surface area contributed by atoms with Crippen molar-refractivity contribution in [3.8, 4) is 5.75 Å². The van der Waals surface area contributed by atoms with Crippen molar-refractivity contribution in [1.29, 1.82) is 0 Å². The third-order valence-corrected chi connectivity index (χ3v) is 6.91. The molecule has 1 fully saturated rings. The van der Waals surface area contributed by atoms with E-state index in [0.29, 0.717) is 24.6 Å². The molecule has 1 atom stereocenters. The van der Waals surface area contributed by atoms with Crippen molar-refractivity contribution >= 4 is 25.5 Å². The molecule has 1 aromatic carbocycles. The van der Waals surface area contributed by atoms with Crippen LogP contribution in [0.4, 0.5) is 5.69 Å². The van der Waals surface area contributed by atoms with Crippen LogP contribution in [-0.4, -0.2) is 46.7 Å². The van der Waals surface area contributed by atoms with E-state index < -0.39 is 25.1 Å². The molecule has 0 bridgehead atoms. The zero-order valence-electron chi connectivity index (χ0n) is 11.4. The third-order valence-electron chi connectivity index (χ3n) is 3.13. The summed E-state index contributed by atoms with van der Waals surface area (Å²) in [6.45, 7) is 0.773. The molecular weight excluding hydrogens is 316 g/mol. The lowest BCUT2D eigenvalue weighted by atomic mass is 10.3. The number of sulfonamides is 1. The first kappa shape index (κ1) is 16.1. The predicted octanol–water partition coefficient (Wildman–Crippen LogP) is -0.0471. The molecule has 9 heteroatoms. The molecule has 0 spiro atoms. The van der Waals surface area contributed by atoms with Gasteiger partial charge in [-0.2, -0.15) is 0 Å². The van der Waals surface area contributed by atoms with Gasteiger partial charge in [-0.05, 0) is 30.7 Å². The Hall–Kier alpha value is -1.32. The average molecular weight is 334 g/mol. The maximum atomic E-state index is 12.1. The molecule has 1 saturated heterocycles. The van der Waals surface area contributed by atoms with Gasteiger partial charge in [0.15, 0.2) is 9.84 Å². The Kier molecular flexibility index (Phi) is 4.74. The smallest absolute Gasteiger partial charge is 0.236 e. The molecule has 3 N–H and O–H groups in total. The van der Waals surface area contributed by atoms with Gasteiger partial charge in [0.05, 0.1) is 16.8 Å². The maximum absolute atomic E-state index is 12.1. The van der Waals surface area contributed by atoms with E-state index in [1.54, 1.807) is 24.3 Å². The molecule has 2 rings (SSSR count). The van der Waals surface area contributed by atoms with E-state index in [-0.39, 0.29) is 17.9 Å². The zero-order chi connectivity index (χ0) is 15.5. The fraction of sp³-hybridized carbons (Fsp3) is 0.500. The highest BCUT2D eigenvalue weighted by atomic mass is 32.2. The number of benzene rings is 1.